The molecule has 2 aromatic rings. The van der Waals surface area contributed by atoms with Gasteiger partial charge in [0, 0.05) is 11.6 Å². The third-order valence-electron chi connectivity index (χ3n) is 3.77. The van der Waals surface area contributed by atoms with E-state index in [4.69, 9.17) is 15.9 Å². The second-order valence-electron chi connectivity index (χ2n) is 5.51. The maximum Gasteiger partial charge on any atom is 0.335 e. The molecule has 0 spiro atoms. The predicted octanol–water partition coefficient (Wildman–Crippen LogP) is 3.62. The van der Waals surface area contributed by atoms with E-state index < -0.39 is 17.1 Å². The van der Waals surface area contributed by atoms with Crippen LogP contribution in [0.15, 0.2) is 39.7 Å². The smallest absolute Gasteiger partial charge is 0.335 e. The highest BCUT2D eigenvalue weighted by Crippen LogP contribution is 2.33. The van der Waals surface area contributed by atoms with E-state index in [2.05, 4.69) is 5.92 Å². The summed E-state index contributed by atoms with van der Waals surface area (Å²) >= 11 is 0.796. The summed E-state index contributed by atoms with van der Waals surface area (Å²) in [7, 11) is 0. The van der Waals surface area contributed by atoms with Crippen molar-refractivity contribution in [1.82, 2.24) is 4.90 Å². The van der Waals surface area contributed by atoms with Crippen LogP contribution >= 0.6 is 11.8 Å². The SMILES string of the molecule is C#CCN1C(=O)SC(=Cc2ccc(-c3cc(C(=O)O)ccc3C)o2)C1=O. The van der Waals surface area contributed by atoms with Crippen LogP contribution in [0.5, 0.6) is 0 Å². The first-order valence-corrected chi connectivity index (χ1v) is 8.35. The molecular formula is C19H13NO5S. The fourth-order valence-electron chi connectivity index (χ4n) is 2.45. The number of carboxylic acids is 1. The van der Waals surface area contributed by atoms with Crippen LogP contribution in [0.3, 0.4) is 0 Å². The Morgan fingerprint density at radius 2 is 2.12 bits per heavy atom. The zero-order chi connectivity index (χ0) is 18.8. The largest absolute Gasteiger partial charge is 0.478 e. The van der Waals surface area contributed by atoms with Crippen LogP contribution in [-0.2, 0) is 4.79 Å². The number of hydrogen-bond donors (Lipinski definition) is 1. The summed E-state index contributed by atoms with van der Waals surface area (Å²) in [5, 5.41) is 8.71. The summed E-state index contributed by atoms with van der Waals surface area (Å²) < 4.78 is 5.72. The lowest BCUT2D eigenvalue weighted by atomic mass is 10.0. The Hall–Kier alpha value is -3.24. The molecule has 2 heterocycles. The van der Waals surface area contributed by atoms with Crippen molar-refractivity contribution < 1.29 is 23.9 Å². The quantitative estimate of drug-likeness (QED) is 0.656. The Bertz CT molecular complexity index is 996. The molecule has 1 N–H and O–H groups in total. The van der Waals surface area contributed by atoms with E-state index in [1.165, 1.54) is 18.2 Å². The van der Waals surface area contributed by atoms with Gasteiger partial charge in [-0.05, 0) is 48.5 Å². The van der Waals surface area contributed by atoms with Crippen molar-refractivity contribution in [3.8, 4) is 23.7 Å². The van der Waals surface area contributed by atoms with Crippen LogP contribution in [-0.4, -0.2) is 33.7 Å². The van der Waals surface area contributed by atoms with Crippen molar-refractivity contribution in [1.29, 1.82) is 0 Å². The number of thioether (sulfide) groups is 1. The normalized spacial score (nSPS) is 15.5. The second-order valence-corrected chi connectivity index (χ2v) is 6.50. The number of benzene rings is 1. The molecule has 0 radical (unpaired) electrons. The Kier molecular flexibility index (Phi) is 4.69. The molecule has 1 aliphatic heterocycles. The number of rotatable bonds is 4. The fraction of sp³-hybridized carbons (Fsp3) is 0.105. The molecule has 0 atom stereocenters. The highest BCUT2D eigenvalue weighted by molar-refractivity contribution is 8.18. The second kappa shape index (κ2) is 6.94. The molecule has 1 aromatic carbocycles. The van der Waals surface area contributed by atoms with Crippen molar-refractivity contribution in [2.45, 2.75) is 6.92 Å². The van der Waals surface area contributed by atoms with Gasteiger partial charge in [0.15, 0.2) is 0 Å². The van der Waals surface area contributed by atoms with Gasteiger partial charge in [0.2, 0.25) is 0 Å². The van der Waals surface area contributed by atoms with E-state index in [0.717, 1.165) is 22.2 Å². The van der Waals surface area contributed by atoms with Crippen LogP contribution in [0.25, 0.3) is 17.4 Å². The molecule has 0 aliphatic carbocycles. The van der Waals surface area contributed by atoms with Crippen molar-refractivity contribution in [3.63, 3.8) is 0 Å². The van der Waals surface area contributed by atoms with E-state index in [-0.39, 0.29) is 17.0 Å². The number of carboxylic acid groups (broad SMARTS) is 1. The topological polar surface area (TPSA) is 87.8 Å². The molecule has 1 aromatic heterocycles. The standard InChI is InChI=1S/C19H13NO5S/c1-3-8-20-17(21)16(26-19(20)24)10-13-6-7-15(25-13)14-9-12(18(22)23)5-4-11(14)2/h1,4-7,9-10H,8H2,2H3,(H,22,23). The molecule has 0 saturated carbocycles. The summed E-state index contributed by atoms with van der Waals surface area (Å²) in [4.78, 5) is 36.3. The minimum absolute atomic E-state index is 0.0768. The summed E-state index contributed by atoms with van der Waals surface area (Å²) in [5.74, 6) is 1.64. The number of imide groups is 1. The van der Waals surface area contributed by atoms with Crippen LogP contribution < -0.4 is 0 Å². The number of nitrogens with zero attached hydrogens (tertiary/aromatic N) is 1. The molecule has 2 amide bonds. The zero-order valence-electron chi connectivity index (χ0n) is 13.7. The highest BCUT2D eigenvalue weighted by atomic mass is 32.2. The highest BCUT2D eigenvalue weighted by Gasteiger charge is 2.34. The van der Waals surface area contributed by atoms with Gasteiger partial charge in [0.25, 0.3) is 11.1 Å². The van der Waals surface area contributed by atoms with Gasteiger partial charge in [0.05, 0.1) is 17.0 Å². The number of carbonyl (C=O) groups is 3. The summed E-state index contributed by atoms with van der Waals surface area (Å²) in [5.41, 5.74) is 1.65. The first kappa shape index (κ1) is 17.6. The Morgan fingerprint density at radius 1 is 1.35 bits per heavy atom. The minimum atomic E-state index is -1.03. The van der Waals surface area contributed by atoms with E-state index in [0.29, 0.717) is 17.1 Å². The Balaban J connectivity index is 1.91. The lowest BCUT2D eigenvalue weighted by Gasteiger charge is -2.06. The first-order chi connectivity index (χ1) is 12.4. The van der Waals surface area contributed by atoms with Gasteiger partial charge >= 0.3 is 5.97 Å². The number of furan rings is 1. The van der Waals surface area contributed by atoms with Crippen molar-refractivity contribution in [2.24, 2.45) is 0 Å². The van der Waals surface area contributed by atoms with Gasteiger partial charge in [-0.1, -0.05) is 12.0 Å². The van der Waals surface area contributed by atoms with E-state index in [1.54, 1.807) is 18.2 Å². The maximum atomic E-state index is 12.2. The molecule has 1 fully saturated rings. The molecule has 7 heteroatoms. The van der Waals surface area contributed by atoms with E-state index >= 15 is 0 Å². The van der Waals surface area contributed by atoms with Crippen molar-refractivity contribution in [2.75, 3.05) is 6.54 Å². The van der Waals surface area contributed by atoms with Crippen molar-refractivity contribution >= 4 is 35.0 Å². The maximum absolute atomic E-state index is 12.2. The zero-order valence-corrected chi connectivity index (χ0v) is 14.5. The fourth-order valence-corrected chi connectivity index (χ4v) is 3.27. The number of carbonyl (C=O) groups excluding carboxylic acids is 2. The number of aryl methyl sites for hydroxylation is 1. The molecular weight excluding hydrogens is 354 g/mol. The minimum Gasteiger partial charge on any atom is -0.478 e. The number of aromatic carboxylic acids is 1. The van der Waals surface area contributed by atoms with Gasteiger partial charge in [-0.2, -0.15) is 0 Å². The van der Waals surface area contributed by atoms with Crippen LogP contribution in [0.2, 0.25) is 0 Å². The summed E-state index contributed by atoms with van der Waals surface area (Å²) in [6, 6.07) is 8.09. The molecule has 0 unspecified atom stereocenters. The van der Waals surface area contributed by atoms with Gasteiger partial charge < -0.3 is 9.52 Å². The molecule has 26 heavy (non-hydrogen) atoms. The van der Waals surface area contributed by atoms with E-state index in [9.17, 15) is 14.4 Å². The number of terminal acetylenes is 1. The molecule has 1 saturated heterocycles. The Morgan fingerprint density at radius 3 is 2.81 bits per heavy atom. The van der Waals surface area contributed by atoms with Gasteiger partial charge in [-0.25, -0.2) is 4.79 Å². The number of hydrogen-bond acceptors (Lipinski definition) is 5. The monoisotopic (exact) mass is 367 g/mol. The summed E-state index contributed by atoms with van der Waals surface area (Å²) in [6.07, 6.45) is 6.63. The third kappa shape index (κ3) is 3.27. The molecule has 130 valence electrons. The average Bonchev–Trinajstić information content (AvgIpc) is 3.16. The van der Waals surface area contributed by atoms with Gasteiger partial charge in [-0.3, -0.25) is 14.5 Å². The first-order valence-electron chi connectivity index (χ1n) is 7.53. The van der Waals surface area contributed by atoms with Crippen LogP contribution in [0, 0.1) is 19.3 Å². The average molecular weight is 367 g/mol. The van der Waals surface area contributed by atoms with Gasteiger partial charge in [0.1, 0.15) is 11.5 Å². The molecule has 0 bridgehead atoms. The van der Waals surface area contributed by atoms with Crippen LogP contribution in [0.1, 0.15) is 21.7 Å². The summed E-state index contributed by atoms with van der Waals surface area (Å²) in [6.45, 7) is 1.76. The lowest BCUT2D eigenvalue weighted by Crippen LogP contribution is -2.28. The molecule has 3 rings (SSSR count). The van der Waals surface area contributed by atoms with Gasteiger partial charge in [-0.15, -0.1) is 6.42 Å². The Labute approximate surface area is 153 Å². The molecule has 6 nitrogen and oxygen atoms in total. The lowest BCUT2D eigenvalue weighted by molar-refractivity contribution is -0.122. The molecule has 1 aliphatic rings. The third-order valence-corrected chi connectivity index (χ3v) is 4.68. The van der Waals surface area contributed by atoms with Crippen LogP contribution in [0.4, 0.5) is 4.79 Å². The predicted molar refractivity (Wildman–Crippen MR) is 97.4 cm³/mol. The van der Waals surface area contributed by atoms with Crippen molar-refractivity contribution in [3.05, 3.63) is 52.1 Å². The van der Waals surface area contributed by atoms with E-state index in [1.807, 2.05) is 6.92 Å². The number of amides is 2.